The van der Waals surface area contributed by atoms with E-state index in [4.69, 9.17) is 32.7 Å². The molecule has 4 rings (SSSR count). The second-order valence-electron chi connectivity index (χ2n) is 6.82. The highest BCUT2D eigenvalue weighted by atomic mass is 79.9. The number of carbonyl (C=O) groups excluding carboxylic acids is 1. The molecular weight excluding hydrogens is 521 g/mol. The molecule has 1 heterocycles. The number of nitrogens with zero attached hydrogens (tertiary/aromatic N) is 1. The number of hydrogen-bond donors (Lipinski definition) is 0. The summed E-state index contributed by atoms with van der Waals surface area (Å²) in [4.78, 5) is 14.4. The number of ether oxygens (including phenoxy) is 2. The van der Waals surface area contributed by atoms with Crippen molar-refractivity contribution < 1.29 is 14.3 Å². The van der Waals surface area contributed by atoms with E-state index in [0.717, 1.165) is 21.3 Å². The fourth-order valence-electron chi connectivity index (χ4n) is 3.34. The summed E-state index contributed by atoms with van der Waals surface area (Å²) in [6, 6.07) is 18.7. The van der Waals surface area contributed by atoms with Crippen LogP contribution < -0.4 is 14.4 Å². The van der Waals surface area contributed by atoms with E-state index < -0.39 is 0 Å². The van der Waals surface area contributed by atoms with E-state index in [1.54, 1.807) is 35.9 Å². The van der Waals surface area contributed by atoms with Crippen LogP contribution in [0.2, 0.25) is 10.0 Å². The van der Waals surface area contributed by atoms with Gasteiger partial charge in [0.15, 0.2) is 11.5 Å². The van der Waals surface area contributed by atoms with E-state index in [9.17, 15) is 4.79 Å². The van der Waals surface area contributed by atoms with Gasteiger partial charge in [-0.05, 0) is 64.0 Å². The van der Waals surface area contributed by atoms with Gasteiger partial charge in [-0.25, -0.2) is 0 Å². The molecule has 4 nitrogen and oxygen atoms in total. The largest absolute Gasteiger partial charge is 0.493 e. The number of halogens is 3. The molecule has 3 aromatic carbocycles. The number of anilines is 1. The quantitative estimate of drug-likeness (QED) is 0.335. The van der Waals surface area contributed by atoms with Gasteiger partial charge in [-0.2, -0.15) is 0 Å². The zero-order chi connectivity index (χ0) is 22.0. The molecule has 31 heavy (non-hydrogen) atoms. The summed E-state index contributed by atoms with van der Waals surface area (Å²) < 4.78 is 12.4. The fraction of sp³-hybridized carbons (Fsp3) is 0.174. The Hall–Kier alpha value is -1.86. The Morgan fingerprint density at radius 2 is 1.87 bits per heavy atom. The smallest absolute Gasteiger partial charge is 0.238 e. The van der Waals surface area contributed by atoms with Gasteiger partial charge in [0.2, 0.25) is 5.91 Å². The van der Waals surface area contributed by atoms with Crippen LogP contribution in [-0.4, -0.2) is 18.8 Å². The summed E-state index contributed by atoms with van der Waals surface area (Å²) in [5.74, 6) is 1.61. The molecule has 1 aliphatic heterocycles. The van der Waals surface area contributed by atoms with E-state index in [-0.39, 0.29) is 11.3 Å². The van der Waals surface area contributed by atoms with Crippen LogP contribution in [0.3, 0.4) is 0 Å². The van der Waals surface area contributed by atoms with Gasteiger partial charge in [-0.1, -0.05) is 41.4 Å². The van der Waals surface area contributed by atoms with Crippen molar-refractivity contribution in [3.05, 3.63) is 86.3 Å². The zero-order valence-electron chi connectivity index (χ0n) is 16.5. The first-order valence-electron chi connectivity index (χ1n) is 9.41. The molecule has 1 atom stereocenters. The summed E-state index contributed by atoms with van der Waals surface area (Å²) in [6.45, 7) is 0.307. The van der Waals surface area contributed by atoms with Crippen LogP contribution in [0, 0.1) is 0 Å². The first-order chi connectivity index (χ1) is 15.0. The van der Waals surface area contributed by atoms with Crippen molar-refractivity contribution in [2.45, 2.75) is 12.0 Å². The van der Waals surface area contributed by atoms with Gasteiger partial charge in [0, 0.05) is 21.3 Å². The maximum Gasteiger partial charge on any atom is 0.238 e. The van der Waals surface area contributed by atoms with E-state index in [0.29, 0.717) is 33.9 Å². The first-order valence-corrected chi connectivity index (χ1v) is 12.0. The molecule has 0 aromatic heterocycles. The normalized spacial score (nSPS) is 15.9. The second-order valence-corrected chi connectivity index (χ2v) is 9.58. The van der Waals surface area contributed by atoms with Gasteiger partial charge in [0.1, 0.15) is 12.0 Å². The molecule has 3 aromatic rings. The Kier molecular flexibility index (Phi) is 7.02. The molecule has 0 aliphatic carbocycles. The lowest BCUT2D eigenvalue weighted by molar-refractivity contribution is -0.115. The van der Waals surface area contributed by atoms with Crippen LogP contribution in [0.1, 0.15) is 16.5 Å². The minimum Gasteiger partial charge on any atom is -0.493 e. The topological polar surface area (TPSA) is 38.8 Å². The third kappa shape index (κ3) is 4.82. The Labute approximate surface area is 203 Å². The van der Waals surface area contributed by atoms with Crippen molar-refractivity contribution in [2.24, 2.45) is 0 Å². The van der Waals surface area contributed by atoms with Crippen molar-refractivity contribution in [1.82, 2.24) is 0 Å². The van der Waals surface area contributed by atoms with Gasteiger partial charge in [-0.15, -0.1) is 11.8 Å². The molecule has 0 spiro atoms. The highest BCUT2D eigenvalue weighted by molar-refractivity contribution is 9.10. The van der Waals surface area contributed by atoms with Gasteiger partial charge in [0.25, 0.3) is 0 Å². The Bertz CT molecular complexity index is 1110. The van der Waals surface area contributed by atoms with Gasteiger partial charge in [-0.3, -0.25) is 9.69 Å². The molecular formula is C23H18BrCl2NO3S. The molecule has 0 saturated carbocycles. The monoisotopic (exact) mass is 537 g/mol. The van der Waals surface area contributed by atoms with E-state index in [1.807, 2.05) is 48.5 Å². The third-order valence-corrected chi connectivity index (χ3v) is 7.26. The average molecular weight is 539 g/mol. The molecule has 0 unspecified atom stereocenters. The lowest BCUT2D eigenvalue weighted by atomic mass is 10.1. The van der Waals surface area contributed by atoms with Crippen LogP contribution in [0.4, 0.5) is 5.69 Å². The van der Waals surface area contributed by atoms with Gasteiger partial charge in [0.05, 0.1) is 17.3 Å². The highest BCUT2D eigenvalue weighted by Crippen LogP contribution is 2.46. The van der Waals surface area contributed by atoms with Gasteiger partial charge < -0.3 is 9.47 Å². The van der Waals surface area contributed by atoms with Crippen molar-refractivity contribution in [3.8, 4) is 11.5 Å². The zero-order valence-corrected chi connectivity index (χ0v) is 20.4. The second kappa shape index (κ2) is 9.74. The summed E-state index contributed by atoms with van der Waals surface area (Å²) in [5.41, 5.74) is 2.62. The van der Waals surface area contributed by atoms with E-state index >= 15 is 0 Å². The Morgan fingerprint density at radius 1 is 1.13 bits per heavy atom. The molecule has 0 N–H and O–H groups in total. The average Bonchev–Trinajstić information content (AvgIpc) is 3.15. The standard InChI is InChI=1S/C23H18BrCl2NO3S/c1-29-20-11-15(10-18(24)22(20)30-12-14-4-2-3-5-19(14)26)23-27(21(28)13-31-23)17-8-6-16(25)7-9-17/h2-11,23H,12-13H2,1H3/t23-/m1/s1. The Balaban J connectivity index is 1.63. The van der Waals surface area contributed by atoms with E-state index in [1.165, 1.54) is 0 Å². The van der Waals surface area contributed by atoms with Crippen LogP contribution in [-0.2, 0) is 11.4 Å². The number of benzene rings is 3. The van der Waals surface area contributed by atoms with Crippen LogP contribution >= 0.6 is 50.9 Å². The minimum absolute atomic E-state index is 0.0476. The van der Waals surface area contributed by atoms with Crippen LogP contribution in [0.15, 0.2) is 65.1 Å². The lowest BCUT2D eigenvalue weighted by Crippen LogP contribution is -2.27. The molecule has 160 valence electrons. The first kappa shape index (κ1) is 22.3. The number of thioether (sulfide) groups is 1. The lowest BCUT2D eigenvalue weighted by Gasteiger charge is -2.25. The molecule has 1 fully saturated rings. The highest BCUT2D eigenvalue weighted by Gasteiger charge is 2.35. The maximum absolute atomic E-state index is 12.6. The predicted octanol–water partition coefficient (Wildman–Crippen LogP) is 7.12. The molecule has 1 amide bonds. The van der Waals surface area contributed by atoms with Crippen molar-refractivity contribution in [3.63, 3.8) is 0 Å². The summed E-state index contributed by atoms with van der Waals surface area (Å²) in [6.07, 6.45) is 0. The fourth-order valence-corrected chi connectivity index (χ4v) is 5.39. The number of hydrogen-bond acceptors (Lipinski definition) is 4. The van der Waals surface area contributed by atoms with Crippen LogP contribution in [0.5, 0.6) is 11.5 Å². The van der Waals surface area contributed by atoms with Crippen LogP contribution in [0.25, 0.3) is 0 Å². The molecule has 8 heteroatoms. The molecule has 1 saturated heterocycles. The Morgan fingerprint density at radius 3 is 2.58 bits per heavy atom. The van der Waals surface area contributed by atoms with Gasteiger partial charge >= 0.3 is 0 Å². The van der Waals surface area contributed by atoms with Crippen molar-refractivity contribution >= 4 is 62.5 Å². The number of amides is 1. The SMILES string of the molecule is COc1cc([C@H]2SCC(=O)N2c2ccc(Cl)cc2)cc(Br)c1OCc1ccccc1Cl. The predicted molar refractivity (Wildman–Crippen MR) is 131 cm³/mol. The van der Waals surface area contributed by atoms with E-state index in [2.05, 4.69) is 15.9 Å². The summed E-state index contributed by atoms with van der Waals surface area (Å²) >= 11 is 17.4. The molecule has 1 aliphatic rings. The minimum atomic E-state index is -0.184. The number of carbonyl (C=O) groups is 1. The van der Waals surface area contributed by atoms with Crippen molar-refractivity contribution in [2.75, 3.05) is 17.8 Å². The maximum atomic E-state index is 12.6. The third-order valence-electron chi connectivity index (χ3n) is 4.84. The van der Waals surface area contributed by atoms with Crippen molar-refractivity contribution in [1.29, 1.82) is 0 Å². The number of rotatable bonds is 6. The summed E-state index contributed by atoms with van der Waals surface area (Å²) in [5, 5.41) is 1.09. The number of methoxy groups -OCH3 is 1. The summed E-state index contributed by atoms with van der Waals surface area (Å²) in [7, 11) is 1.60. The molecule has 0 bridgehead atoms. The molecule has 0 radical (unpaired) electrons.